The third-order valence-corrected chi connectivity index (χ3v) is 4.49. The average molecular weight is 406 g/mol. The predicted octanol–water partition coefficient (Wildman–Crippen LogP) is 2.89. The van der Waals surface area contributed by atoms with Crippen molar-refractivity contribution in [3.63, 3.8) is 0 Å². The predicted molar refractivity (Wildman–Crippen MR) is 103 cm³/mol. The van der Waals surface area contributed by atoms with E-state index in [1.807, 2.05) is 0 Å². The van der Waals surface area contributed by atoms with Gasteiger partial charge in [-0.2, -0.15) is 0 Å². The fourth-order valence-corrected chi connectivity index (χ4v) is 2.97. The van der Waals surface area contributed by atoms with Gasteiger partial charge in [-0.25, -0.2) is 0 Å². The van der Waals surface area contributed by atoms with E-state index in [-0.39, 0.29) is 11.4 Å². The third kappa shape index (κ3) is 5.88. The van der Waals surface area contributed by atoms with Crippen molar-refractivity contribution in [2.75, 3.05) is 31.9 Å². The fourth-order valence-electron chi connectivity index (χ4n) is 2.15. The van der Waals surface area contributed by atoms with Crippen LogP contribution in [0.1, 0.15) is 0 Å². The van der Waals surface area contributed by atoms with Crippen molar-refractivity contribution in [2.45, 2.75) is 4.90 Å². The van der Waals surface area contributed by atoms with Gasteiger partial charge in [-0.05, 0) is 18.2 Å². The summed E-state index contributed by atoms with van der Waals surface area (Å²) in [5, 5.41) is 13.5. The second-order valence-corrected chi connectivity index (χ2v) is 6.31. The van der Waals surface area contributed by atoms with Crippen LogP contribution in [0.15, 0.2) is 47.4 Å². The molecule has 0 bridgehead atoms. The van der Waals surface area contributed by atoms with E-state index >= 15 is 0 Å². The number of carbonyl (C=O) groups is 2. The molecule has 0 spiro atoms. The molecular weight excluding hydrogens is 388 g/mol. The smallest absolute Gasteiger partial charge is 0.316 e. The van der Waals surface area contributed by atoms with E-state index in [4.69, 9.17) is 14.2 Å². The number of nitro benzene ring substituents is 1. The Morgan fingerprint density at radius 1 is 1.14 bits per heavy atom. The topological polar surface area (TPSA) is 117 Å². The molecule has 0 unspecified atom stereocenters. The Balaban J connectivity index is 1.86. The van der Waals surface area contributed by atoms with Gasteiger partial charge in [0.25, 0.3) is 11.6 Å². The van der Waals surface area contributed by atoms with Gasteiger partial charge in [-0.1, -0.05) is 12.1 Å². The summed E-state index contributed by atoms with van der Waals surface area (Å²) in [6.07, 6.45) is 0. The molecule has 148 valence electrons. The molecular formula is C18H18N2O7S. The molecule has 0 saturated heterocycles. The molecule has 0 aliphatic heterocycles. The first kappa shape index (κ1) is 21.0. The highest BCUT2D eigenvalue weighted by Gasteiger charge is 2.16. The van der Waals surface area contributed by atoms with Gasteiger partial charge in [-0.15, -0.1) is 11.8 Å². The SMILES string of the molecule is COc1ccc(OC)c(NC(=O)COC(=O)CSc2ccccc2[N+](=O)[O-])c1. The van der Waals surface area contributed by atoms with E-state index in [2.05, 4.69) is 5.32 Å². The van der Waals surface area contributed by atoms with Gasteiger partial charge >= 0.3 is 5.97 Å². The zero-order chi connectivity index (χ0) is 20.5. The van der Waals surface area contributed by atoms with Crippen LogP contribution in [0.4, 0.5) is 11.4 Å². The summed E-state index contributed by atoms with van der Waals surface area (Å²) >= 11 is 0.966. The maximum absolute atomic E-state index is 12.0. The molecule has 0 aliphatic rings. The van der Waals surface area contributed by atoms with Crippen LogP contribution in [-0.2, 0) is 14.3 Å². The fraction of sp³-hybridized carbons (Fsp3) is 0.222. The Hall–Kier alpha value is -3.27. The van der Waals surface area contributed by atoms with Crippen LogP contribution >= 0.6 is 11.8 Å². The molecule has 9 nitrogen and oxygen atoms in total. The summed E-state index contributed by atoms with van der Waals surface area (Å²) in [6.45, 7) is -0.503. The Morgan fingerprint density at radius 3 is 2.57 bits per heavy atom. The number of anilines is 1. The first-order chi connectivity index (χ1) is 13.4. The number of carbonyl (C=O) groups excluding carboxylic acids is 2. The number of nitro groups is 1. The van der Waals surface area contributed by atoms with Crippen LogP contribution in [0, 0.1) is 10.1 Å². The lowest BCUT2D eigenvalue weighted by molar-refractivity contribution is -0.387. The van der Waals surface area contributed by atoms with Crippen molar-refractivity contribution in [3.8, 4) is 11.5 Å². The number of amides is 1. The summed E-state index contributed by atoms with van der Waals surface area (Å²) < 4.78 is 15.2. The number of hydrogen-bond acceptors (Lipinski definition) is 8. The Labute approximate surface area is 165 Å². The van der Waals surface area contributed by atoms with Gasteiger partial charge in [0.1, 0.15) is 11.5 Å². The van der Waals surface area contributed by atoms with Crippen LogP contribution in [-0.4, -0.2) is 43.4 Å². The molecule has 1 N–H and O–H groups in total. The molecule has 0 atom stereocenters. The number of nitrogens with one attached hydrogen (secondary N) is 1. The Kier molecular flexibility index (Phi) is 7.64. The number of benzene rings is 2. The number of esters is 1. The van der Waals surface area contributed by atoms with Crippen LogP contribution in [0.3, 0.4) is 0 Å². The standard InChI is InChI=1S/C18H18N2O7S/c1-25-12-7-8-15(26-2)13(9-12)19-17(21)10-27-18(22)11-28-16-6-4-3-5-14(16)20(23)24/h3-9H,10-11H2,1-2H3,(H,19,21). The number of thioether (sulfide) groups is 1. The minimum Gasteiger partial charge on any atom is -0.497 e. The lowest BCUT2D eigenvalue weighted by Gasteiger charge is -2.12. The number of methoxy groups -OCH3 is 2. The molecule has 1 amide bonds. The molecule has 0 aromatic heterocycles. The quantitative estimate of drug-likeness (QED) is 0.292. The van der Waals surface area contributed by atoms with Gasteiger partial charge in [0.05, 0.1) is 35.5 Å². The van der Waals surface area contributed by atoms with Crippen LogP contribution in [0.2, 0.25) is 0 Å². The van der Waals surface area contributed by atoms with Gasteiger partial charge in [0, 0.05) is 12.1 Å². The Bertz CT molecular complexity index is 873. The molecule has 10 heteroatoms. The molecule has 0 fully saturated rings. The van der Waals surface area contributed by atoms with Crippen LogP contribution in [0.25, 0.3) is 0 Å². The van der Waals surface area contributed by atoms with Crippen molar-refractivity contribution in [3.05, 3.63) is 52.6 Å². The zero-order valence-electron chi connectivity index (χ0n) is 15.2. The largest absolute Gasteiger partial charge is 0.497 e. The molecule has 0 heterocycles. The molecule has 0 saturated carbocycles. The van der Waals surface area contributed by atoms with E-state index in [0.717, 1.165) is 11.8 Å². The molecule has 28 heavy (non-hydrogen) atoms. The number of para-hydroxylation sites is 1. The second kappa shape index (κ2) is 10.2. The summed E-state index contributed by atoms with van der Waals surface area (Å²) in [7, 11) is 2.95. The van der Waals surface area contributed by atoms with E-state index in [0.29, 0.717) is 22.1 Å². The number of ether oxygens (including phenoxy) is 3. The van der Waals surface area contributed by atoms with Crippen molar-refractivity contribution in [2.24, 2.45) is 0 Å². The Morgan fingerprint density at radius 2 is 1.89 bits per heavy atom. The number of rotatable bonds is 9. The van der Waals surface area contributed by atoms with Crippen molar-refractivity contribution in [1.82, 2.24) is 0 Å². The zero-order valence-corrected chi connectivity index (χ0v) is 16.0. The monoisotopic (exact) mass is 406 g/mol. The number of nitrogens with zero attached hydrogens (tertiary/aromatic N) is 1. The van der Waals surface area contributed by atoms with Gasteiger partial charge in [0.2, 0.25) is 0 Å². The summed E-state index contributed by atoms with van der Waals surface area (Å²) in [4.78, 5) is 34.6. The lowest BCUT2D eigenvalue weighted by atomic mass is 10.2. The first-order valence-electron chi connectivity index (χ1n) is 7.98. The minimum absolute atomic E-state index is 0.0943. The minimum atomic E-state index is -0.670. The summed E-state index contributed by atoms with van der Waals surface area (Å²) in [6, 6.07) is 10.9. The maximum atomic E-state index is 12.0. The van der Waals surface area contributed by atoms with E-state index in [1.54, 1.807) is 24.3 Å². The lowest BCUT2D eigenvalue weighted by Crippen LogP contribution is -2.22. The number of hydrogen-bond donors (Lipinski definition) is 1. The molecule has 0 aliphatic carbocycles. The summed E-state index contributed by atoms with van der Waals surface area (Å²) in [5.74, 6) is -0.450. The van der Waals surface area contributed by atoms with Gasteiger partial charge in [-0.3, -0.25) is 19.7 Å². The maximum Gasteiger partial charge on any atom is 0.316 e. The molecule has 0 radical (unpaired) electrons. The first-order valence-corrected chi connectivity index (χ1v) is 8.97. The highest BCUT2D eigenvalue weighted by molar-refractivity contribution is 8.00. The van der Waals surface area contributed by atoms with Crippen molar-refractivity contribution < 1.29 is 28.7 Å². The second-order valence-electron chi connectivity index (χ2n) is 5.29. The van der Waals surface area contributed by atoms with Crippen molar-refractivity contribution in [1.29, 1.82) is 0 Å². The molecule has 2 rings (SSSR count). The van der Waals surface area contributed by atoms with Gasteiger partial charge in [0.15, 0.2) is 6.61 Å². The van der Waals surface area contributed by atoms with E-state index in [1.165, 1.54) is 32.4 Å². The van der Waals surface area contributed by atoms with Crippen LogP contribution in [0.5, 0.6) is 11.5 Å². The average Bonchev–Trinajstić information content (AvgIpc) is 2.70. The van der Waals surface area contributed by atoms with Crippen molar-refractivity contribution >= 4 is 35.0 Å². The summed E-state index contributed by atoms with van der Waals surface area (Å²) in [5.41, 5.74) is 0.278. The molecule has 2 aromatic carbocycles. The van der Waals surface area contributed by atoms with Gasteiger partial charge < -0.3 is 19.5 Å². The highest BCUT2D eigenvalue weighted by atomic mass is 32.2. The van der Waals surface area contributed by atoms with Crippen LogP contribution < -0.4 is 14.8 Å². The normalized spacial score (nSPS) is 10.1. The highest BCUT2D eigenvalue weighted by Crippen LogP contribution is 2.29. The van der Waals surface area contributed by atoms with E-state index in [9.17, 15) is 19.7 Å². The third-order valence-electron chi connectivity index (χ3n) is 3.45. The molecule has 2 aromatic rings. The van der Waals surface area contributed by atoms with E-state index < -0.39 is 23.4 Å².